The molecule has 0 saturated heterocycles. The number of carbonyl (C=O) groups is 1. The zero-order valence-corrected chi connectivity index (χ0v) is 10.3. The highest BCUT2D eigenvalue weighted by Gasteiger charge is 2.16. The molecule has 0 radical (unpaired) electrons. The Bertz CT molecular complexity index is 539. The third kappa shape index (κ3) is 2.34. The van der Waals surface area contributed by atoms with Gasteiger partial charge in [-0.1, -0.05) is 6.08 Å². The molecule has 2 rings (SSSR count). The minimum Gasteiger partial charge on any atom is -0.352 e. The van der Waals surface area contributed by atoms with Crippen molar-refractivity contribution in [3.63, 3.8) is 0 Å². The molecule has 2 heterocycles. The van der Waals surface area contributed by atoms with Gasteiger partial charge in [-0.15, -0.1) is 6.58 Å². The van der Waals surface area contributed by atoms with Gasteiger partial charge in [-0.3, -0.25) is 9.48 Å². The zero-order valence-electron chi connectivity index (χ0n) is 10.3. The van der Waals surface area contributed by atoms with Crippen LogP contribution in [0.5, 0.6) is 0 Å². The van der Waals surface area contributed by atoms with Crippen LogP contribution in [0.15, 0.2) is 43.4 Å². The van der Waals surface area contributed by atoms with E-state index in [1.807, 2.05) is 36.1 Å². The largest absolute Gasteiger partial charge is 0.352 e. The maximum Gasteiger partial charge on any atom is 0.256 e. The molecule has 5 heteroatoms. The van der Waals surface area contributed by atoms with Gasteiger partial charge in [-0.25, -0.2) is 0 Å². The molecular formula is C13H16N4O. The van der Waals surface area contributed by atoms with Crippen LogP contribution in [0.3, 0.4) is 0 Å². The Morgan fingerprint density at radius 2 is 2.22 bits per heavy atom. The van der Waals surface area contributed by atoms with E-state index in [0.717, 1.165) is 12.2 Å². The third-order valence-corrected chi connectivity index (χ3v) is 2.64. The predicted molar refractivity (Wildman–Crippen MR) is 69.7 cm³/mol. The molecule has 94 valence electrons. The van der Waals surface area contributed by atoms with Crippen molar-refractivity contribution in [3.05, 3.63) is 48.9 Å². The Morgan fingerprint density at radius 1 is 1.50 bits per heavy atom. The first-order valence-corrected chi connectivity index (χ1v) is 5.78. The second kappa shape index (κ2) is 5.35. The molecule has 2 aromatic heterocycles. The van der Waals surface area contributed by atoms with Gasteiger partial charge >= 0.3 is 0 Å². The predicted octanol–water partition coefficient (Wildman–Crippen LogP) is 1.52. The van der Waals surface area contributed by atoms with Gasteiger partial charge in [0.2, 0.25) is 0 Å². The number of hydrogen-bond acceptors (Lipinski definition) is 2. The van der Waals surface area contributed by atoms with Crippen LogP contribution in [0.1, 0.15) is 16.8 Å². The lowest BCUT2D eigenvalue weighted by atomic mass is 10.3. The average molecular weight is 244 g/mol. The SMILES string of the molecule is C=CCCNC(=O)c1cnn(C)c1-n1cccc1. The van der Waals surface area contributed by atoms with E-state index in [0.29, 0.717) is 12.1 Å². The first-order valence-electron chi connectivity index (χ1n) is 5.78. The second-order valence-electron chi connectivity index (χ2n) is 3.93. The van der Waals surface area contributed by atoms with E-state index in [2.05, 4.69) is 17.0 Å². The minimum atomic E-state index is -0.117. The van der Waals surface area contributed by atoms with Gasteiger partial charge in [0.05, 0.1) is 6.20 Å². The number of aryl methyl sites for hydroxylation is 1. The minimum absolute atomic E-state index is 0.117. The summed E-state index contributed by atoms with van der Waals surface area (Å²) in [6, 6.07) is 3.82. The quantitative estimate of drug-likeness (QED) is 0.640. The highest BCUT2D eigenvalue weighted by molar-refractivity contribution is 5.97. The summed E-state index contributed by atoms with van der Waals surface area (Å²) in [7, 11) is 1.82. The molecule has 0 fully saturated rings. The summed E-state index contributed by atoms with van der Waals surface area (Å²) >= 11 is 0. The average Bonchev–Trinajstić information content (AvgIpc) is 2.97. The number of nitrogens with zero attached hydrogens (tertiary/aromatic N) is 3. The van der Waals surface area contributed by atoms with Gasteiger partial charge in [0.1, 0.15) is 11.4 Å². The van der Waals surface area contributed by atoms with Gasteiger partial charge in [0.25, 0.3) is 5.91 Å². The number of rotatable bonds is 5. The summed E-state index contributed by atoms with van der Waals surface area (Å²) in [5.41, 5.74) is 0.567. The second-order valence-corrected chi connectivity index (χ2v) is 3.93. The third-order valence-electron chi connectivity index (χ3n) is 2.64. The van der Waals surface area contributed by atoms with Crippen molar-refractivity contribution in [2.24, 2.45) is 7.05 Å². The van der Waals surface area contributed by atoms with E-state index >= 15 is 0 Å². The number of carbonyl (C=O) groups excluding carboxylic acids is 1. The highest BCUT2D eigenvalue weighted by Crippen LogP contribution is 2.13. The fourth-order valence-corrected chi connectivity index (χ4v) is 1.76. The maximum absolute atomic E-state index is 12.0. The summed E-state index contributed by atoms with van der Waals surface area (Å²) in [6.07, 6.45) is 7.88. The summed E-state index contributed by atoms with van der Waals surface area (Å²) in [5.74, 6) is 0.643. The molecule has 0 spiro atoms. The lowest BCUT2D eigenvalue weighted by Gasteiger charge is -2.07. The van der Waals surface area contributed by atoms with E-state index in [9.17, 15) is 4.79 Å². The van der Waals surface area contributed by atoms with Crippen molar-refractivity contribution in [1.29, 1.82) is 0 Å². The Labute approximate surface area is 106 Å². The van der Waals surface area contributed by atoms with Crippen molar-refractivity contribution in [2.45, 2.75) is 6.42 Å². The van der Waals surface area contributed by atoms with E-state index in [4.69, 9.17) is 0 Å². The van der Waals surface area contributed by atoms with E-state index in [1.54, 1.807) is 17.0 Å². The van der Waals surface area contributed by atoms with Crippen LogP contribution in [0.25, 0.3) is 5.82 Å². The van der Waals surface area contributed by atoms with Crippen LogP contribution in [0, 0.1) is 0 Å². The summed E-state index contributed by atoms with van der Waals surface area (Å²) in [4.78, 5) is 12.0. The highest BCUT2D eigenvalue weighted by atomic mass is 16.1. The molecule has 0 aliphatic rings. The summed E-state index contributed by atoms with van der Waals surface area (Å²) in [5, 5.41) is 6.98. The Balaban J connectivity index is 2.24. The van der Waals surface area contributed by atoms with Crippen LogP contribution in [-0.2, 0) is 7.05 Å². The van der Waals surface area contributed by atoms with Crippen molar-refractivity contribution >= 4 is 5.91 Å². The number of hydrogen-bond donors (Lipinski definition) is 1. The van der Waals surface area contributed by atoms with Crippen LogP contribution in [-0.4, -0.2) is 26.8 Å². The smallest absolute Gasteiger partial charge is 0.256 e. The molecule has 0 aliphatic carbocycles. The van der Waals surface area contributed by atoms with Crippen molar-refractivity contribution in [1.82, 2.24) is 19.7 Å². The molecule has 0 aromatic carbocycles. The topological polar surface area (TPSA) is 51.9 Å². The van der Waals surface area contributed by atoms with Crippen molar-refractivity contribution in [2.75, 3.05) is 6.54 Å². The maximum atomic E-state index is 12.0. The molecule has 5 nitrogen and oxygen atoms in total. The van der Waals surface area contributed by atoms with Gasteiger partial charge in [0.15, 0.2) is 0 Å². The molecule has 0 saturated carbocycles. The molecular weight excluding hydrogens is 228 g/mol. The standard InChI is InChI=1S/C13H16N4O/c1-3-4-7-14-12(18)11-10-15-16(2)13(11)17-8-5-6-9-17/h3,5-6,8-10H,1,4,7H2,2H3,(H,14,18). The van der Waals surface area contributed by atoms with Crippen LogP contribution in [0.2, 0.25) is 0 Å². The van der Waals surface area contributed by atoms with Crippen LogP contribution >= 0.6 is 0 Å². The first-order chi connectivity index (χ1) is 8.74. The molecule has 1 N–H and O–H groups in total. The lowest BCUT2D eigenvalue weighted by Crippen LogP contribution is -2.25. The van der Waals surface area contributed by atoms with Gasteiger partial charge in [-0.2, -0.15) is 5.10 Å². The van der Waals surface area contributed by atoms with Gasteiger partial charge in [0, 0.05) is 26.0 Å². The van der Waals surface area contributed by atoms with Crippen LogP contribution < -0.4 is 5.32 Å². The van der Waals surface area contributed by atoms with E-state index in [1.165, 1.54) is 0 Å². The first kappa shape index (κ1) is 12.2. The summed E-state index contributed by atoms with van der Waals surface area (Å²) < 4.78 is 3.55. The van der Waals surface area contributed by atoms with Crippen LogP contribution in [0.4, 0.5) is 0 Å². The van der Waals surface area contributed by atoms with E-state index in [-0.39, 0.29) is 5.91 Å². The lowest BCUT2D eigenvalue weighted by molar-refractivity contribution is 0.0954. The monoisotopic (exact) mass is 244 g/mol. The fourth-order valence-electron chi connectivity index (χ4n) is 1.76. The zero-order chi connectivity index (χ0) is 13.0. The molecule has 0 unspecified atom stereocenters. The Hall–Kier alpha value is -2.30. The number of nitrogens with one attached hydrogen (secondary N) is 1. The molecule has 0 bridgehead atoms. The Morgan fingerprint density at radius 3 is 2.89 bits per heavy atom. The molecule has 0 atom stereocenters. The van der Waals surface area contributed by atoms with Crippen molar-refractivity contribution in [3.8, 4) is 5.82 Å². The molecule has 1 amide bonds. The molecule has 0 aliphatic heterocycles. The van der Waals surface area contributed by atoms with E-state index < -0.39 is 0 Å². The van der Waals surface area contributed by atoms with Gasteiger partial charge < -0.3 is 9.88 Å². The summed E-state index contributed by atoms with van der Waals surface area (Å²) in [6.45, 7) is 4.21. The van der Waals surface area contributed by atoms with Crippen molar-refractivity contribution < 1.29 is 4.79 Å². The number of amides is 1. The molecule has 2 aromatic rings. The number of aromatic nitrogens is 3. The fraction of sp³-hybridized carbons (Fsp3) is 0.231. The van der Waals surface area contributed by atoms with Gasteiger partial charge in [-0.05, 0) is 18.6 Å². The molecule has 18 heavy (non-hydrogen) atoms. The Kier molecular flexibility index (Phi) is 3.62. The normalized spacial score (nSPS) is 10.3.